The first kappa shape index (κ1) is 38.7. The predicted molar refractivity (Wildman–Crippen MR) is 212 cm³/mol. The van der Waals surface area contributed by atoms with Crippen molar-refractivity contribution in [2.45, 2.75) is 155 Å². The Hall–Kier alpha value is -2.58. The van der Waals surface area contributed by atoms with Gasteiger partial charge in [0, 0.05) is 25.6 Å². The van der Waals surface area contributed by atoms with Gasteiger partial charge >= 0.3 is 0 Å². The molecule has 0 unspecified atom stereocenters. The molecule has 7 rings (SSSR count). The Labute approximate surface area is 318 Å². The Morgan fingerprint density at radius 3 is 1.75 bits per heavy atom. The fraction of sp³-hybridized carbons (Fsp3) is 0.696. The highest BCUT2D eigenvalue weighted by Crippen LogP contribution is 2.61. The Balaban J connectivity index is 0.970. The summed E-state index contributed by atoms with van der Waals surface area (Å²) in [6.07, 6.45) is 23.9. The van der Waals surface area contributed by atoms with E-state index in [-0.39, 0.29) is 10.8 Å². The first-order chi connectivity index (χ1) is 25.3. The van der Waals surface area contributed by atoms with Crippen molar-refractivity contribution in [1.82, 2.24) is 15.0 Å². The van der Waals surface area contributed by atoms with Crippen LogP contribution in [0.5, 0.6) is 0 Å². The van der Waals surface area contributed by atoms with Crippen LogP contribution < -0.4 is 0 Å². The number of aromatic nitrogens is 3. The van der Waals surface area contributed by atoms with E-state index < -0.39 is 24.4 Å². The van der Waals surface area contributed by atoms with Crippen LogP contribution in [0.3, 0.4) is 0 Å². The van der Waals surface area contributed by atoms with Crippen LogP contribution in [-0.4, -0.2) is 59.8 Å². The number of hydrogen-bond acceptors (Lipinski definition) is 6. The van der Waals surface area contributed by atoms with E-state index in [1.54, 1.807) is 5.57 Å². The molecule has 6 aliphatic rings. The van der Waals surface area contributed by atoms with E-state index in [0.717, 1.165) is 53.8 Å². The maximum atomic E-state index is 10.3. The van der Waals surface area contributed by atoms with Gasteiger partial charge in [-0.25, -0.2) is 0 Å². The molecule has 0 saturated heterocycles. The van der Waals surface area contributed by atoms with E-state index >= 15 is 0 Å². The molecular formula is C46H67N3O4. The largest absolute Gasteiger partial charge is 0.393 e. The van der Waals surface area contributed by atoms with Crippen LogP contribution in [0.2, 0.25) is 0 Å². The van der Waals surface area contributed by atoms with Crippen LogP contribution in [0.15, 0.2) is 77.1 Å². The van der Waals surface area contributed by atoms with Crippen LogP contribution in [0, 0.1) is 46.3 Å². The Morgan fingerprint density at radius 2 is 1.25 bits per heavy atom. The Kier molecular flexibility index (Phi) is 11.3. The second-order valence-electron chi connectivity index (χ2n) is 18.9. The van der Waals surface area contributed by atoms with Gasteiger partial charge in [-0.2, -0.15) is 0 Å². The van der Waals surface area contributed by atoms with Crippen LogP contribution in [0.1, 0.15) is 123 Å². The molecule has 0 amide bonds. The highest BCUT2D eigenvalue weighted by atomic mass is 16.3. The zero-order valence-electron chi connectivity index (χ0n) is 33.0. The molecule has 4 N–H and O–H groups in total. The molecule has 7 heteroatoms. The molecule has 12 atom stereocenters. The van der Waals surface area contributed by atoms with E-state index in [4.69, 9.17) is 5.10 Å². The number of rotatable bonds is 8. The van der Waals surface area contributed by atoms with Gasteiger partial charge in [0.1, 0.15) is 0 Å². The number of aliphatic hydroxyl groups excluding tert-OH is 4. The molecule has 53 heavy (non-hydrogen) atoms. The van der Waals surface area contributed by atoms with Crippen molar-refractivity contribution in [3.63, 3.8) is 0 Å². The van der Waals surface area contributed by atoms with Crippen LogP contribution in [0.25, 0.3) is 0 Å². The first-order valence-electron chi connectivity index (χ1n) is 21.1. The molecule has 0 radical (unpaired) electrons. The summed E-state index contributed by atoms with van der Waals surface area (Å²) in [5, 5.41) is 50.6. The minimum atomic E-state index is -0.644. The lowest BCUT2D eigenvalue weighted by Crippen LogP contribution is -2.37. The fourth-order valence-corrected chi connectivity index (χ4v) is 12.8. The standard InChI is InChI=1S/C46H67N3O4/c1-28(39-15-17-41-32(9-7-19-45(39,41)5)11-13-34-22-37(50)24-43(52)30(34)3)21-36-27-49(48-47-36)26-29(2)40-16-18-42-33(10-8-20-46(40,42)6)12-14-35-23-38(51)25-44(53)31(35)4/h11-14,27-29,37-44,50-53H,3-4,7-10,15-26H2,1-2,5-6H3/b32-11-,33-12-,34-13-,35-14-/t28-,29+,37+,38+,39+,40+,41-,42-,43-,44-,45+,46+/m0/s1. The fourth-order valence-electron chi connectivity index (χ4n) is 12.8. The lowest BCUT2D eigenvalue weighted by atomic mass is 9.60. The lowest BCUT2D eigenvalue weighted by molar-refractivity contribution is 0.0855. The molecule has 1 heterocycles. The summed E-state index contributed by atoms with van der Waals surface area (Å²) in [7, 11) is 0. The monoisotopic (exact) mass is 726 g/mol. The van der Waals surface area contributed by atoms with Crippen molar-refractivity contribution in [2.75, 3.05) is 0 Å². The third-order valence-electron chi connectivity index (χ3n) is 15.6. The SMILES string of the molecule is C=C1/C(=C\C=C2\CCC[C@]3(C)[C@@H]([C@H](C)Cn4cc(C[C@H](C)[C@H]5CC[C@H]6/C(=C\C=C7\C[C@@H](O)C[C@H](O)C7=C)CCC[C@]56C)nn4)CC[C@@H]23)C[C@@H](O)C[C@@H]1O. The number of nitrogens with zero attached hydrogens (tertiary/aromatic N) is 3. The van der Waals surface area contributed by atoms with Gasteiger partial charge in [-0.3, -0.25) is 4.68 Å². The van der Waals surface area contributed by atoms with Crippen molar-refractivity contribution < 1.29 is 20.4 Å². The number of hydrogen-bond donors (Lipinski definition) is 4. The summed E-state index contributed by atoms with van der Waals surface area (Å²) in [5.41, 5.74) is 8.27. The molecule has 7 nitrogen and oxygen atoms in total. The van der Waals surface area contributed by atoms with Gasteiger partial charge < -0.3 is 20.4 Å². The maximum absolute atomic E-state index is 10.3. The van der Waals surface area contributed by atoms with Crippen molar-refractivity contribution in [3.05, 3.63) is 82.8 Å². The van der Waals surface area contributed by atoms with Gasteiger partial charge in [0.25, 0.3) is 0 Å². The smallest absolute Gasteiger partial charge is 0.0829 e. The third-order valence-corrected chi connectivity index (χ3v) is 15.6. The second-order valence-corrected chi connectivity index (χ2v) is 18.9. The van der Waals surface area contributed by atoms with E-state index in [2.05, 4.69) is 81.2 Å². The highest BCUT2D eigenvalue weighted by Gasteiger charge is 2.52. The van der Waals surface area contributed by atoms with Crippen LogP contribution in [-0.2, 0) is 13.0 Å². The summed E-state index contributed by atoms with van der Waals surface area (Å²) in [6, 6.07) is 0. The van der Waals surface area contributed by atoms with Gasteiger partial charge in [-0.1, -0.05) is 81.5 Å². The lowest BCUT2D eigenvalue weighted by Gasteiger charge is -2.44. The van der Waals surface area contributed by atoms with Gasteiger partial charge in [-0.15, -0.1) is 5.10 Å². The van der Waals surface area contributed by atoms with E-state index in [0.29, 0.717) is 61.2 Å². The summed E-state index contributed by atoms with van der Waals surface area (Å²) >= 11 is 0. The van der Waals surface area contributed by atoms with E-state index in [1.807, 2.05) is 0 Å². The summed E-state index contributed by atoms with van der Waals surface area (Å²) in [5.74, 6) is 3.48. The molecule has 0 aromatic carbocycles. The highest BCUT2D eigenvalue weighted by molar-refractivity contribution is 5.40. The molecule has 0 spiro atoms. The second kappa shape index (κ2) is 15.5. The number of fused-ring (bicyclic) bond motifs is 2. The molecule has 6 saturated carbocycles. The molecule has 1 aromatic rings. The van der Waals surface area contributed by atoms with Crippen molar-refractivity contribution in [2.24, 2.45) is 46.3 Å². The summed E-state index contributed by atoms with van der Waals surface area (Å²) < 4.78 is 2.12. The first-order valence-corrected chi connectivity index (χ1v) is 21.1. The maximum Gasteiger partial charge on any atom is 0.0829 e. The van der Waals surface area contributed by atoms with Gasteiger partial charge in [0.2, 0.25) is 0 Å². The summed E-state index contributed by atoms with van der Waals surface area (Å²) in [4.78, 5) is 0. The average molecular weight is 726 g/mol. The molecule has 0 aliphatic heterocycles. The van der Waals surface area contributed by atoms with Gasteiger partial charge in [0.05, 0.1) is 30.1 Å². The predicted octanol–water partition coefficient (Wildman–Crippen LogP) is 8.37. The zero-order chi connectivity index (χ0) is 37.7. The molecule has 6 fully saturated rings. The summed E-state index contributed by atoms with van der Waals surface area (Å²) in [6.45, 7) is 19.1. The van der Waals surface area contributed by atoms with Crippen molar-refractivity contribution >= 4 is 0 Å². The third kappa shape index (κ3) is 7.66. The Bertz CT molecular complexity index is 1550. The number of allylic oxidation sites excluding steroid dienone is 6. The quantitative estimate of drug-likeness (QED) is 0.214. The van der Waals surface area contributed by atoms with Crippen LogP contribution >= 0.6 is 0 Å². The average Bonchev–Trinajstić information content (AvgIpc) is 3.81. The minimum absolute atomic E-state index is 0.271. The molecule has 1 aromatic heterocycles. The normalized spacial score (nSPS) is 42.0. The number of aliphatic hydroxyl groups is 4. The van der Waals surface area contributed by atoms with E-state index in [9.17, 15) is 20.4 Å². The van der Waals surface area contributed by atoms with Crippen LogP contribution in [0.4, 0.5) is 0 Å². The molecular weight excluding hydrogens is 659 g/mol. The minimum Gasteiger partial charge on any atom is -0.393 e. The van der Waals surface area contributed by atoms with Gasteiger partial charge in [-0.05, 0) is 152 Å². The Morgan fingerprint density at radius 1 is 0.755 bits per heavy atom. The van der Waals surface area contributed by atoms with Crippen molar-refractivity contribution in [1.29, 1.82) is 0 Å². The van der Waals surface area contributed by atoms with Gasteiger partial charge in [0.15, 0.2) is 0 Å². The molecule has 290 valence electrons. The molecule has 0 bridgehead atoms. The topological polar surface area (TPSA) is 112 Å². The van der Waals surface area contributed by atoms with Crippen molar-refractivity contribution in [3.8, 4) is 0 Å². The molecule has 6 aliphatic carbocycles. The van der Waals surface area contributed by atoms with E-state index in [1.165, 1.54) is 56.9 Å². The zero-order valence-corrected chi connectivity index (χ0v) is 33.0.